The third-order valence-corrected chi connectivity index (χ3v) is 4.57. The van der Waals surface area contributed by atoms with Gasteiger partial charge >= 0.3 is 0 Å². The minimum Gasteiger partial charge on any atom is -0.268 e. The standard InChI is InChI=1S/C18H10ClN5O2/c19-15-11-6-2-1-5-10(11)14(9-21-23-20)22-16(15)24-17(25)12-7-3-4-8-13(12)18(24)26/h1-8H,9H2. The molecule has 1 aromatic heterocycles. The lowest BCUT2D eigenvalue weighted by atomic mass is 10.1. The number of pyridine rings is 1. The van der Waals surface area contributed by atoms with Crippen molar-refractivity contribution in [3.8, 4) is 0 Å². The number of rotatable bonds is 3. The lowest BCUT2D eigenvalue weighted by molar-refractivity contribution is 0.0925. The van der Waals surface area contributed by atoms with Gasteiger partial charge in [-0.15, -0.1) is 0 Å². The van der Waals surface area contributed by atoms with E-state index in [0.29, 0.717) is 27.6 Å². The van der Waals surface area contributed by atoms with E-state index in [4.69, 9.17) is 17.1 Å². The molecule has 2 aromatic carbocycles. The zero-order valence-corrected chi connectivity index (χ0v) is 14.0. The van der Waals surface area contributed by atoms with Crippen LogP contribution in [0.1, 0.15) is 26.4 Å². The van der Waals surface area contributed by atoms with Gasteiger partial charge in [-0.1, -0.05) is 53.1 Å². The van der Waals surface area contributed by atoms with Gasteiger partial charge in [0.15, 0.2) is 5.82 Å². The first kappa shape index (κ1) is 16.1. The highest BCUT2D eigenvalue weighted by Gasteiger charge is 2.38. The minimum atomic E-state index is -0.481. The number of carbonyl (C=O) groups excluding carboxylic acids is 2. The number of anilines is 1. The number of carbonyl (C=O) groups is 2. The van der Waals surface area contributed by atoms with Crippen LogP contribution in [0.4, 0.5) is 5.82 Å². The van der Waals surface area contributed by atoms with Crippen LogP contribution in [0.3, 0.4) is 0 Å². The van der Waals surface area contributed by atoms with Crippen molar-refractivity contribution in [3.63, 3.8) is 0 Å². The highest BCUT2D eigenvalue weighted by atomic mass is 35.5. The molecule has 2 heterocycles. The zero-order chi connectivity index (χ0) is 18.3. The second-order valence-electron chi connectivity index (χ2n) is 5.62. The Balaban J connectivity index is 1.95. The van der Waals surface area contributed by atoms with Gasteiger partial charge < -0.3 is 0 Å². The first-order chi connectivity index (χ1) is 12.6. The summed E-state index contributed by atoms with van der Waals surface area (Å²) in [5.41, 5.74) is 9.67. The van der Waals surface area contributed by atoms with E-state index in [0.717, 1.165) is 4.90 Å². The van der Waals surface area contributed by atoms with Crippen LogP contribution in [-0.2, 0) is 6.54 Å². The van der Waals surface area contributed by atoms with E-state index in [9.17, 15) is 9.59 Å². The van der Waals surface area contributed by atoms with Crippen LogP contribution in [0, 0.1) is 0 Å². The monoisotopic (exact) mass is 363 g/mol. The molecule has 1 aliphatic rings. The summed E-state index contributed by atoms with van der Waals surface area (Å²) in [5.74, 6) is -0.922. The first-order valence-electron chi connectivity index (χ1n) is 7.69. The van der Waals surface area contributed by atoms with Crippen molar-refractivity contribution < 1.29 is 9.59 Å². The lowest BCUT2D eigenvalue weighted by Crippen LogP contribution is -2.30. The number of halogens is 1. The Hall–Kier alpha value is -3.41. The molecule has 0 saturated heterocycles. The zero-order valence-electron chi connectivity index (χ0n) is 13.3. The quantitative estimate of drug-likeness (QED) is 0.296. The van der Waals surface area contributed by atoms with Gasteiger partial charge in [0.2, 0.25) is 0 Å². The molecule has 8 heteroatoms. The molecule has 0 fully saturated rings. The van der Waals surface area contributed by atoms with Gasteiger partial charge in [-0.25, -0.2) is 9.88 Å². The summed E-state index contributed by atoms with van der Waals surface area (Å²) in [6.45, 7) is -0.0235. The fourth-order valence-electron chi connectivity index (χ4n) is 3.03. The molecule has 0 N–H and O–H groups in total. The Kier molecular flexibility index (Phi) is 3.80. The maximum absolute atomic E-state index is 12.7. The summed E-state index contributed by atoms with van der Waals surface area (Å²) < 4.78 is 0. The van der Waals surface area contributed by atoms with Gasteiger partial charge in [0.25, 0.3) is 11.8 Å². The topological polar surface area (TPSA) is 99.0 Å². The Morgan fingerprint density at radius 2 is 1.58 bits per heavy atom. The predicted octanol–water partition coefficient (Wildman–Crippen LogP) is 4.50. The molecule has 4 rings (SSSR count). The third kappa shape index (κ3) is 2.30. The van der Waals surface area contributed by atoms with E-state index in [1.165, 1.54) is 0 Å². The van der Waals surface area contributed by atoms with Crippen LogP contribution in [0.2, 0.25) is 5.02 Å². The van der Waals surface area contributed by atoms with Crippen molar-refractivity contribution in [1.29, 1.82) is 0 Å². The van der Waals surface area contributed by atoms with Gasteiger partial charge in [0.1, 0.15) is 0 Å². The van der Waals surface area contributed by atoms with E-state index in [1.807, 2.05) is 6.07 Å². The maximum Gasteiger partial charge on any atom is 0.267 e. The van der Waals surface area contributed by atoms with E-state index >= 15 is 0 Å². The highest BCUT2D eigenvalue weighted by molar-refractivity contribution is 6.42. The van der Waals surface area contributed by atoms with Gasteiger partial charge in [-0.3, -0.25) is 9.59 Å². The molecule has 0 bridgehead atoms. The minimum absolute atomic E-state index is 0.0235. The summed E-state index contributed by atoms with van der Waals surface area (Å²) in [7, 11) is 0. The summed E-state index contributed by atoms with van der Waals surface area (Å²) in [5, 5.41) is 5.07. The number of hydrogen-bond donors (Lipinski definition) is 0. The number of fused-ring (bicyclic) bond motifs is 2. The number of amides is 2. The molecule has 0 saturated carbocycles. The van der Waals surface area contributed by atoms with Gasteiger partial charge in [-0.2, -0.15) is 0 Å². The molecular formula is C18H10ClN5O2. The Morgan fingerprint density at radius 1 is 1.00 bits per heavy atom. The molecule has 0 radical (unpaired) electrons. The van der Waals surface area contributed by atoms with Crippen molar-refractivity contribution in [2.24, 2.45) is 5.11 Å². The lowest BCUT2D eigenvalue weighted by Gasteiger charge is -2.17. The summed E-state index contributed by atoms with van der Waals surface area (Å²) in [4.78, 5) is 33.6. The fraction of sp³-hybridized carbons (Fsp3) is 0.0556. The highest BCUT2D eigenvalue weighted by Crippen LogP contribution is 2.37. The third-order valence-electron chi connectivity index (χ3n) is 4.20. The molecule has 1 aliphatic heterocycles. The van der Waals surface area contributed by atoms with Crippen LogP contribution in [-0.4, -0.2) is 16.8 Å². The van der Waals surface area contributed by atoms with Crippen LogP contribution in [0.15, 0.2) is 53.6 Å². The van der Waals surface area contributed by atoms with Crippen LogP contribution in [0.25, 0.3) is 21.2 Å². The first-order valence-corrected chi connectivity index (χ1v) is 8.07. The average molecular weight is 364 g/mol. The van der Waals surface area contributed by atoms with Crippen LogP contribution < -0.4 is 4.90 Å². The Morgan fingerprint density at radius 3 is 2.19 bits per heavy atom. The largest absolute Gasteiger partial charge is 0.268 e. The normalized spacial score (nSPS) is 13.0. The molecule has 126 valence electrons. The van der Waals surface area contributed by atoms with Gasteiger partial charge in [0.05, 0.1) is 28.4 Å². The predicted molar refractivity (Wildman–Crippen MR) is 97.2 cm³/mol. The molecular weight excluding hydrogens is 354 g/mol. The van der Waals surface area contributed by atoms with Crippen molar-refractivity contribution in [2.45, 2.75) is 6.54 Å². The van der Waals surface area contributed by atoms with Crippen molar-refractivity contribution in [1.82, 2.24) is 4.98 Å². The van der Waals surface area contributed by atoms with E-state index < -0.39 is 11.8 Å². The fourth-order valence-corrected chi connectivity index (χ4v) is 3.32. The van der Waals surface area contributed by atoms with Crippen molar-refractivity contribution in [3.05, 3.63) is 80.8 Å². The molecule has 0 spiro atoms. The van der Waals surface area contributed by atoms with E-state index in [1.54, 1.807) is 42.5 Å². The molecule has 0 unspecified atom stereocenters. The number of imide groups is 1. The van der Waals surface area contributed by atoms with E-state index in [2.05, 4.69) is 15.0 Å². The SMILES string of the molecule is [N-]=[N+]=NCc1nc(N2C(=O)c3ccccc3C2=O)c(Cl)c2ccccc12. The number of benzene rings is 2. The number of aromatic nitrogens is 1. The summed E-state index contributed by atoms with van der Waals surface area (Å²) >= 11 is 6.49. The van der Waals surface area contributed by atoms with E-state index in [-0.39, 0.29) is 17.4 Å². The second-order valence-corrected chi connectivity index (χ2v) is 6.00. The van der Waals surface area contributed by atoms with Crippen molar-refractivity contribution >= 4 is 40.0 Å². The van der Waals surface area contributed by atoms with Crippen LogP contribution in [0.5, 0.6) is 0 Å². The molecule has 0 atom stereocenters. The van der Waals surface area contributed by atoms with Crippen LogP contribution >= 0.6 is 11.6 Å². The molecule has 0 aliphatic carbocycles. The van der Waals surface area contributed by atoms with Gasteiger partial charge in [-0.05, 0) is 17.7 Å². The smallest absolute Gasteiger partial charge is 0.267 e. The summed E-state index contributed by atoms with van der Waals surface area (Å²) in [6, 6.07) is 13.7. The molecule has 7 nitrogen and oxygen atoms in total. The number of hydrogen-bond acceptors (Lipinski definition) is 4. The molecule has 3 aromatic rings. The number of nitrogens with zero attached hydrogens (tertiary/aromatic N) is 5. The Bertz CT molecular complexity index is 1100. The van der Waals surface area contributed by atoms with Gasteiger partial charge in [0, 0.05) is 15.7 Å². The van der Waals surface area contributed by atoms with Crippen molar-refractivity contribution in [2.75, 3.05) is 4.90 Å². The maximum atomic E-state index is 12.7. The Labute approximate surface area is 152 Å². The summed E-state index contributed by atoms with van der Waals surface area (Å²) in [6.07, 6.45) is 0. The second kappa shape index (κ2) is 6.15. The average Bonchev–Trinajstić information content (AvgIpc) is 2.93. The molecule has 2 amide bonds. The molecule has 26 heavy (non-hydrogen) atoms. The number of azide groups is 1.